The fourth-order valence-electron chi connectivity index (χ4n) is 3.73. The van der Waals surface area contributed by atoms with Crippen molar-refractivity contribution in [3.05, 3.63) is 99.3 Å². The van der Waals surface area contributed by atoms with Crippen LogP contribution in [0.5, 0.6) is 5.75 Å². The fourth-order valence-corrected chi connectivity index (χ4v) is 4.09. The third-order valence-corrected chi connectivity index (χ3v) is 6.26. The maximum atomic E-state index is 14.1. The molecule has 1 atom stereocenters. The number of ether oxygens (including phenoxy) is 1. The number of halogens is 2. The Morgan fingerprint density at radius 1 is 1.06 bits per heavy atom. The lowest BCUT2D eigenvalue weighted by molar-refractivity contribution is -0.132. The van der Waals surface area contributed by atoms with Crippen molar-refractivity contribution in [3.8, 4) is 5.75 Å². The fraction of sp³-hybridized carbons (Fsp3) is 0.120. The molecular formula is C25H19BrFNO4. The molecule has 0 saturated carbocycles. The van der Waals surface area contributed by atoms with Gasteiger partial charge < -0.3 is 9.84 Å². The Labute approximate surface area is 192 Å². The normalized spacial score (nSPS) is 17.6. The number of methoxy groups -OCH3 is 1. The molecule has 1 aliphatic heterocycles. The van der Waals surface area contributed by atoms with Gasteiger partial charge in [0.1, 0.15) is 17.3 Å². The monoisotopic (exact) mass is 495 g/mol. The Morgan fingerprint density at radius 2 is 1.78 bits per heavy atom. The van der Waals surface area contributed by atoms with Gasteiger partial charge in [-0.1, -0.05) is 34.1 Å². The molecule has 32 heavy (non-hydrogen) atoms. The number of hydrogen-bond acceptors (Lipinski definition) is 4. The Morgan fingerprint density at radius 3 is 2.41 bits per heavy atom. The molecule has 1 heterocycles. The van der Waals surface area contributed by atoms with Crippen LogP contribution in [0.2, 0.25) is 0 Å². The minimum Gasteiger partial charge on any atom is -0.507 e. The van der Waals surface area contributed by atoms with Gasteiger partial charge in [-0.05, 0) is 66.6 Å². The molecule has 1 unspecified atom stereocenters. The quantitative estimate of drug-likeness (QED) is 0.293. The number of aryl methyl sites for hydroxylation is 1. The predicted octanol–water partition coefficient (Wildman–Crippen LogP) is 5.53. The number of rotatable bonds is 4. The van der Waals surface area contributed by atoms with Gasteiger partial charge in [0.05, 0.1) is 18.7 Å². The summed E-state index contributed by atoms with van der Waals surface area (Å²) in [4.78, 5) is 27.5. The van der Waals surface area contributed by atoms with E-state index in [-0.39, 0.29) is 11.3 Å². The van der Waals surface area contributed by atoms with Gasteiger partial charge in [0.2, 0.25) is 0 Å². The van der Waals surface area contributed by atoms with Crippen LogP contribution < -0.4 is 9.64 Å². The Hall–Kier alpha value is -3.45. The van der Waals surface area contributed by atoms with Crippen LogP contribution >= 0.6 is 15.9 Å². The highest BCUT2D eigenvalue weighted by atomic mass is 79.9. The summed E-state index contributed by atoms with van der Waals surface area (Å²) < 4.78 is 20.0. The van der Waals surface area contributed by atoms with E-state index in [1.165, 1.54) is 30.2 Å². The highest BCUT2D eigenvalue weighted by Gasteiger charge is 2.47. The lowest BCUT2D eigenvalue weighted by Crippen LogP contribution is -2.29. The van der Waals surface area contributed by atoms with E-state index >= 15 is 0 Å². The zero-order valence-electron chi connectivity index (χ0n) is 17.3. The molecule has 1 fully saturated rings. The van der Waals surface area contributed by atoms with Gasteiger partial charge in [-0.3, -0.25) is 14.5 Å². The summed E-state index contributed by atoms with van der Waals surface area (Å²) in [7, 11) is 1.52. The van der Waals surface area contributed by atoms with E-state index in [1.807, 2.05) is 13.0 Å². The molecule has 0 radical (unpaired) electrons. The molecule has 5 nitrogen and oxygen atoms in total. The second-order valence-corrected chi connectivity index (χ2v) is 8.24. The van der Waals surface area contributed by atoms with Crippen molar-refractivity contribution in [2.24, 2.45) is 0 Å². The Balaban J connectivity index is 1.94. The molecule has 0 spiro atoms. The second kappa shape index (κ2) is 8.59. The maximum Gasteiger partial charge on any atom is 0.300 e. The van der Waals surface area contributed by atoms with Crippen LogP contribution in [0.1, 0.15) is 22.7 Å². The minimum absolute atomic E-state index is 0.109. The molecule has 1 aliphatic rings. The standard InChI is InChI=1S/C25H19BrFNO4/c1-14-6-9-18(13-20(14)26)28-22(16-4-3-5-17(27)12-16)21(24(30)25(28)31)23(29)15-7-10-19(32-2)11-8-15/h3-13,22,29H,1-2H3/b23-21-. The summed E-state index contributed by atoms with van der Waals surface area (Å²) in [5.41, 5.74) is 2.01. The molecular weight excluding hydrogens is 477 g/mol. The summed E-state index contributed by atoms with van der Waals surface area (Å²) in [5, 5.41) is 11.1. The molecule has 3 aromatic rings. The van der Waals surface area contributed by atoms with Crippen LogP contribution in [0, 0.1) is 12.7 Å². The summed E-state index contributed by atoms with van der Waals surface area (Å²) in [6, 6.07) is 16.4. The van der Waals surface area contributed by atoms with E-state index in [1.54, 1.807) is 42.5 Å². The van der Waals surface area contributed by atoms with Gasteiger partial charge in [0.15, 0.2) is 0 Å². The molecule has 1 amide bonds. The Kier molecular flexibility index (Phi) is 5.84. The first-order valence-electron chi connectivity index (χ1n) is 9.79. The van der Waals surface area contributed by atoms with Crippen molar-refractivity contribution >= 4 is 39.1 Å². The van der Waals surface area contributed by atoms with Crippen LogP contribution in [0.25, 0.3) is 5.76 Å². The summed E-state index contributed by atoms with van der Waals surface area (Å²) in [5.74, 6) is -1.92. The van der Waals surface area contributed by atoms with Gasteiger partial charge >= 0.3 is 0 Å². The summed E-state index contributed by atoms with van der Waals surface area (Å²) in [6.45, 7) is 1.90. The number of benzene rings is 3. The second-order valence-electron chi connectivity index (χ2n) is 7.39. The summed E-state index contributed by atoms with van der Waals surface area (Å²) in [6.07, 6.45) is 0. The zero-order valence-corrected chi connectivity index (χ0v) is 18.9. The summed E-state index contributed by atoms with van der Waals surface area (Å²) >= 11 is 3.45. The first-order valence-corrected chi connectivity index (χ1v) is 10.6. The van der Waals surface area contributed by atoms with Crippen molar-refractivity contribution in [2.75, 3.05) is 12.0 Å². The smallest absolute Gasteiger partial charge is 0.300 e. The van der Waals surface area contributed by atoms with Crippen molar-refractivity contribution in [1.82, 2.24) is 0 Å². The molecule has 7 heteroatoms. The van der Waals surface area contributed by atoms with E-state index in [4.69, 9.17) is 4.74 Å². The van der Waals surface area contributed by atoms with E-state index in [2.05, 4.69) is 15.9 Å². The van der Waals surface area contributed by atoms with Crippen LogP contribution in [0.15, 0.2) is 76.8 Å². The van der Waals surface area contributed by atoms with Crippen molar-refractivity contribution in [3.63, 3.8) is 0 Å². The topological polar surface area (TPSA) is 66.8 Å². The van der Waals surface area contributed by atoms with Crippen LogP contribution in [-0.4, -0.2) is 23.9 Å². The molecule has 1 N–H and O–H groups in total. The lowest BCUT2D eigenvalue weighted by atomic mass is 9.95. The Bertz CT molecular complexity index is 1250. The van der Waals surface area contributed by atoms with Gasteiger partial charge in [-0.2, -0.15) is 0 Å². The van der Waals surface area contributed by atoms with Crippen molar-refractivity contribution < 1.29 is 23.8 Å². The largest absolute Gasteiger partial charge is 0.507 e. The number of aliphatic hydroxyl groups excluding tert-OH is 1. The number of carbonyl (C=O) groups is 2. The van der Waals surface area contributed by atoms with E-state index < -0.39 is 23.5 Å². The number of nitrogens with zero attached hydrogens (tertiary/aromatic N) is 1. The van der Waals surface area contributed by atoms with E-state index in [9.17, 15) is 19.1 Å². The third-order valence-electron chi connectivity index (χ3n) is 5.41. The van der Waals surface area contributed by atoms with Crippen molar-refractivity contribution in [1.29, 1.82) is 0 Å². The van der Waals surface area contributed by atoms with Gasteiger partial charge in [0, 0.05) is 15.7 Å². The van der Waals surface area contributed by atoms with Crippen LogP contribution in [-0.2, 0) is 9.59 Å². The minimum atomic E-state index is -0.998. The van der Waals surface area contributed by atoms with Crippen LogP contribution in [0.4, 0.5) is 10.1 Å². The average Bonchev–Trinajstić information content (AvgIpc) is 3.06. The zero-order chi connectivity index (χ0) is 23.0. The first kappa shape index (κ1) is 21.8. The van der Waals surface area contributed by atoms with Crippen molar-refractivity contribution in [2.45, 2.75) is 13.0 Å². The average molecular weight is 496 g/mol. The van der Waals surface area contributed by atoms with Gasteiger partial charge in [-0.15, -0.1) is 0 Å². The molecule has 1 saturated heterocycles. The molecule has 0 bridgehead atoms. The first-order chi connectivity index (χ1) is 15.3. The maximum absolute atomic E-state index is 14.1. The molecule has 0 aliphatic carbocycles. The van der Waals surface area contributed by atoms with E-state index in [0.29, 0.717) is 22.6 Å². The third kappa shape index (κ3) is 3.80. The SMILES string of the molecule is COc1ccc(/C(O)=C2/C(=O)C(=O)N(c3ccc(C)c(Br)c3)C2c2cccc(F)c2)cc1. The molecule has 162 valence electrons. The number of anilines is 1. The molecule has 0 aromatic heterocycles. The number of amides is 1. The van der Waals surface area contributed by atoms with Gasteiger partial charge in [-0.25, -0.2) is 4.39 Å². The van der Waals surface area contributed by atoms with Gasteiger partial charge in [0.25, 0.3) is 11.7 Å². The number of aliphatic hydroxyl groups is 1. The van der Waals surface area contributed by atoms with E-state index in [0.717, 1.165) is 10.0 Å². The number of ketones is 1. The molecule has 3 aromatic carbocycles. The predicted molar refractivity (Wildman–Crippen MR) is 123 cm³/mol. The number of carbonyl (C=O) groups excluding carboxylic acids is 2. The number of Topliss-reactive ketones (excluding diaryl/α,β-unsaturated/α-hetero) is 1. The lowest BCUT2D eigenvalue weighted by Gasteiger charge is -2.26. The highest BCUT2D eigenvalue weighted by Crippen LogP contribution is 2.43. The highest BCUT2D eigenvalue weighted by molar-refractivity contribution is 9.10. The molecule has 4 rings (SSSR count). The van der Waals surface area contributed by atoms with Crippen LogP contribution in [0.3, 0.4) is 0 Å². The number of hydrogen-bond donors (Lipinski definition) is 1.